The third kappa shape index (κ3) is 13.0. The number of carbonyl (C=O) groups is 4. The molecule has 4 N–H and O–H groups in total. The molecule has 2 aromatic carbocycles. The summed E-state index contributed by atoms with van der Waals surface area (Å²) in [7, 11) is 2.48. The van der Waals surface area contributed by atoms with E-state index in [9.17, 15) is 19.2 Å². The summed E-state index contributed by atoms with van der Waals surface area (Å²) >= 11 is 1.82. The van der Waals surface area contributed by atoms with Gasteiger partial charge in [0.25, 0.3) is 5.91 Å². The molecule has 1 aromatic heterocycles. The molecule has 0 saturated heterocycles. The number of alkyl carbamates (subject to hydrolysis) is 2. The van der Waals surface area contributed by atoms with Gasteiger partial charge in [-0.1, -0.05) is 102 Å². The molecule has 0 aliphatic rings. The van der Waals surface area contributed by atoms with Crippen LogP contribution in [0, 0.1) is 10.8 Å². The van der Waals surface area contributed by atoms with Gasteiger partial charge in [0, 0.05) is 24.8 Å². The number of nitrogens with zero attached hydrogens (tertiary/aromatic N) is 2. The summed E-state index contributed by atoms with van der Waals surface area (Å²) in [5.41, 5.74) is 4.14. The topological polar surface area (TPSA) is 160 Å². The number of nitrogens with one attached hydrogen (secondary N) is 4. The molecule has 0 saturated carbocycles. The summed E-state index contributed by atoms with van der Waals surface area (Å²) in [6, 6.07) is 21.3. The van der Waals surface area contributed by atoms with E-state index in [-0.39, 0.29) is 13.1 Å². The maximum atomic E-state index is 14.1. The zero-order chi connectivity index (χ0) is 39.4. The van der Waals surface area contributed by atoms with Crippen LogP contribution < -0.4 is 21.4 Å². The summed E-state index contributed by atoms with van der Waals surface area (Å²) in [5.74, 6) is -0.903. The summed E-state index contributed by atoms with van der Waals surface area (Å²) in [4.78, 5) is 57.2. The van der Waals surface area contributed by atoms with E-state index in [1.54, 1.807) is 11.2 Å². The highest BCUT2D eigenvalue weighted by atomic mass is 127. The van der Waals surface area contributed by atoms with Crippen molar-refractivity contribution in [2.45, 2.75) is 85.2 Å². The predicted molar refractivity (Wildman–Crippen MR) is 211 cm³/mol. The largest absolute Gasteiger partial charge is 0.453 e. The second-order valence-electron chi connectivity index (χ2n) is 15.3. The second-order valence-corrected chi connectivity index (χ2v) is 15.8. The van der Waals surface area contributed by atoms with Crippen LogP contribution in [0.4, 0.5) is 9.59 Å². The van der Waals surface area contributed by atoms with Crippen molar-refractivity contribution in [3.8, 4) is 11.3 Å². The van der Waals surface area contributed by atoms with Crippen molar-refractivity contribution in [3.63, 3.8) is 0 Å². The van der Waals surface area contributed by atoms with Crippen LogP contribution in [0.15, 0.2) is 79.0 Å². The fourth-order valence-electron chi connectivity index (χ4n) is 5.75. The molecule has 0 fully saturated rings. The average Bonchev–Trinajstić information content (AvgIpc) is 3.11. The lowest BCUT2D eigenvalue weighted by Crippen LogP contribution is -2.65. The average molecular weight is 845 g/mol. The smallest absolute Gasteiger partial charge is 0.407 e. The van der Waals surface area contributed by atoms with Crippen LogP contribution >= 0.6 is 23.0 Å². The normalized spacial score (nSPS) is 14.5. The van der Waals surface area contributed by atoms with Crippen molar-refractivity contribution in [1.29, 1.82) is 0 Å². The number of hydrazine groups is 1. The Morgan fingerprint density at radius 2 is 1.28 bits per heavy atom. The highest BCUT2D eigenvalue weighted by Gasteiger charge is 2.43. The molecule has 0 spiro atoms. The Kier molecular flexibility index (Phi) is 15.6. The molecule has 0 aliphatic heterocycles. The lowest BCUT2D eigenvalue weighted by molar-refractivity contribution is -0.133. The zero-order valence-electron chi connectivity index (χ0n) is 32.0. The van der Waals surface area contributed by atoms with E-state index in [1.807, 2.05) is 144 Å². The van der Waals surface area contributed by atoms with Crippen molar-refractivity contribution < 1.29 is 31.7 Å². The third-order valence-electron chi connectivity index (χ3n) is 8.74. The van der Waals surface area contributed by atoms with Gasteiger partial charge in [0.1, 0.15) is 41.2 Å². The van der Waals surface area contributed by atoms with Crippen LogP contribution in [0.3, 0.4) is 0 Å². The van der Waals surface area contributed by atoms with E-state index in [4.69, 9.17) is 12.5 Å². The summed E-state index contributed by atoms with van der Waals surface area (Å²) in [5, 5.41) is 10.3. The molecule has 13 nitrogen and oxygen atoms in total. The van der Waals surface area contributed by atoms with Crippen molar-refractivity contribution in [3.05, 3.63) is 90.1 Å². The van der Waals surface area contributed by atoms with Gasteiger partial charge in [0.05, 0.1) is 25.5 Å². The Morgan fingerprint density at radius 3 is 1.77 bits per heavy atom. The molecule has 0 aliphatic carbocycles. The fraction of sp³-hybridized carbons (Fsp3) is 0.462. The highest BCUT2D eigenvalue weighted by Crippen LogP contribution is 2.27. The molecule has 1 unspecified atom stereocenters. The van der Waals surface area contributed by atoms with E-state index in [1.165, 1.54) is 14.2 Å². The molecule has 0 bridgehead atoms. The number of methoxy groups -OCH3 is 2. The number of pyridine rings is 1. The highest BCUT2D eigenvalue weighted by molar-refractivity contribution is 14.1. The van der Waals surface area contributed by atoms with E-state index in [2.05, 4.69) is 26.4 Å². The van der Waals surface area contributed by atoms with Gasteiger partial charge >= 0.3 is 12.2 Å². The first-order chi connectivity index (χ1) is 24.9. The number of ether oxygens (including phenoxy) is 2. The maximum absolute atomic E-state index is 14.1. The van der Waals surface area contributed by atoms with Gasteiger partial charge in [-0.3, -0.25) is 20.0 Å². The molecule has 288 valence electrons. The molecule has 1 heterocycles. The monoisotopic (exact) mass is 844 g/mol. The summed E-state index contributed by atoms with van der Waals surface area (Å²) in [6.45, 7) is 13.3. The second kappa shape index (κ2) is 19.2. The predicted octanol–water partition coefficient (Wildman–Crippen LogP) is 5.98. The van der Waals surface area contributed by atoms with Crippen LogP contribution in [-0.4, -0.2) is 78.5 Å². The zero-order valence-corrected chi connectivity index (χ0v) is 34.1. The van der Waals surface area contributed by atoms with Gasteiger partial charge in [0.2, 0.25) is 5.91 Å². The van der Waals surface area contributed by atoms with Crippen LogP contribution in [-0.2, 0) is 35.1 Å². The SMILES string of the molecule is COC(=O)N[C@H](C(=O)NN(Cc1ccc(-c2ccccn2)cc1)C[C@H](OI)C(C)(Cc1ccccc1)NC(=O)[C@@H](NC(=O)OC)C(C)(C)C)C(C)(C)C. The lowest BCUT2D eigenvalue weighted by atomic mass is 9.83. The number of aromatic nitrogens is 1. The van der Waals surface area contributed by atoms with Crippen molar-refractivity contribution in [1.82, 2.24) is 31.4 Å². The van der Waals surface area contributed by atoms with E-state index < -0.39 is 58.6 Å². The Labute approximate surface area is 327 Å². The van der Waals surface area contributed by atoms with Gasteiger partial charge in [-0.05, 0) is 47.4 Å². The van der Waals surface area contributed by atoms with Crippen molar-refractivity contribution >= 4 is 47.0 Å². The van der Waals surface area contributed by atoms with E-state index in [0.717, 1.165) is 22.4 Å². The van der Waals surface area contributed by atoms with Crippen LogP contribution in [0.25, 0.3) is 11.3 Å². The first-order valence-corrected chi connectivity index (χ1v) is 18.2. The number of rotatable bonds is 15. The van der Waals surface area contributed by atoms with Crippen molar-refractivity contribution in [2.24, 2.45) is 10.8 Å². The molecule has 14 heteroatoms. The quantitative estimate of drug-likeness (QED) is 0.107. The number of halogens is 1. The maximum Gasteiger partial charge on any atom is 0.407 e. The molecule has 3 aromatic rings. The minimum absolute atomic E-state index is 0.0972. The molecule has 4 amide bonds. The summed E-state index contributed by atoms with van der Waals surface area (Å²) < 4.78 is 15.8. The van der Waals surface area contributed by atoms with E-state index in [0.29, 0.717) is 6.42 Å². The molecule has 53 heavy (non-hydrogen) atoms. The number of benzene rings is 2. The van der Waals surface area contributed by atoms with Gasteiger partial charge in [-0.2, -0.15) is 0 Å². The van der Waals surface area contributed by atoms with Gasteiger partial charge in [0.15, 0.2) is 0 Å². The lowest BCUT2D eigenvalue weighted by Gasteiger charge is -2.42. The van der Waals surface area contributed by atoms with Crippen LogP contribution in [0.5, 0.6) is 0 Å². The first kappa shape index (κ1) is 43.1. The number of hydrogen-bond donors (Lipinski definition) is 4. The fourth-order valence-corrected chi connectivity index (χ4v) is 6.47. The number of carbonyl (C=O) groups excluding carboxylic acids is 4. The van der Waals surface area contributed by atoms with Gasteiger partial charge in [-0.25, -0.2) is 14.6 Å². The summed E-state index contributed by atoms with van der Waals surface area (Å²) in [6.07, 6.45) is -0.127. The molecule has 4 atom stereocenters. The molecular weight excluding hydrogens is 791 g/mol. The molecule has 3 rings (SSSR count). The van der Waals surface area contributed by atoms with Crippen molar-refractivity contribution in [2.75, 3.05) is 20.8 Å². The Bertz CT molecular complexity index is 1650. The molecule has 0 radical (unpaired) electrons. The molecular formula is C39H53IN6O7. The van der Waals surface area contributed by atoms with Crippen LogP contribution in [0.2, 0.25) is 0 Å². The van der Waals surface area contributed by atoms with Crippen LogP contribution in [0.1, 0.15) is 59.6 Å². The van der Waals surface area contributed by atoms with E-state index >= 15 is 0 Å². The minimum Gasteiger partial charge on any atom is -0.453 e. The minimum atomic E-state index is -1.08. The standard InChI is InChI=1S/C39H53IN6O7/c1-37(2,3)31(42-35(49)51-8)33(47)44-39(7,23-26-15-11-10-12-16-26)30(53-40)25-46(45-34(48)32(38(4,5)6)43-36(50)52-9)24-27-18-20-28(21-19-27)29-17-13-14-22-41-29/h10-22,30-32H,23-25H2,1-9H3,(H,42,49)(H,43,50)(H,44,47)(H,45,48)/t30-,31+,32+,39?/m0/s1. The Hall–Kier alpha value is -4.28. The Balaban J connectivity index is 2.05. The number of amides is 4. The van der Waals surface area contributed by atoms with Gasteiger partial charge < -0.3 is 28.5 Å². The first-order valence-electron chi connectivity index (χ1n) is 17.3. The Morgan fingerprint density at radius 1 is 0.736 bits per heavy atom. The number of hydrogen-bond acceptors (Lipinski definition) is 9. The third-order valence-corrected chi connectivity index (χ3v) is 9.35. The van der Waals surface area contributed by atoms with Gasteiger partial charge in [-0.15, -0.1) is 0 Å².